The number of nitrogens with two attached hydrogens (primary N) is 1. The van der Waals surface area contributed by atoms with E-state index in [1.165, 1.54) is 18.4 Å². The van der Waals surface area contributed by atoms with Gasteiger partial charge in [0, 0.05) is 24.8 Å². The van der Waals surface area contributed by atoms with Crippen LogP contribution >= 0.6 is 0 Å². The molecule has 0 aliphatic heterocycles. The van der Waals surface area contributed by atoms with E-state index in [1.807, 2.05) is 16.8 Å². The molecule has 1 fully saturated rings. The summed E-state index contributed by atoms with van der Waals surface area (Å²) >= 11 is 0. The second kappa shape index (κ2) is 4.69. The predicted molar refractivity (Wildman–Crippen MR) is 78.7 cm³/mol. The van der Waals surface area contributed by atoms with Gasteiger partial charge in [0.1, 0.15) is 5.82 Å². The van der Waals surface area contributed by atoms with Crippen molar-refractivity contribution in [3.8, 4) is 0 Å². The lowest BCUT2D eigenvalue weighted by atomic mass is 10.2. The minimum absolute atomic E-state index is 0.255. The number of hydrogen-bond acceptors (Lipinski definition) is 6. The van der Waals surface area contributed by atoms with E-state index in [9.17, 15) is 0 Å². The van der Waals surface area contributed by atoms with Crippen LogP contribution in [0.15, 0.2) is 30.9 Å². The smallest absolute Gasteiger partial charge is 0.233 e. The molecular weight excluding hydrogens is 266 g/mol. The highest BCUT2D eigenvalue weighted by atomic mass is 15.1. The van der Waals surface area contributed by atoms with Gasteiger partial charge >= 0.3 is 0 Å². The van der Waals surface area contributed by atoms with Crippen LogP contribution in [0, 0.1) is 0 Å². The minimum Gasteiger partial charge on any atom is -0.368 e. The molecule has 0 bridgehead atoms. The molecular formula is C14H15N7. The van der Waals surface area contributed by atoms with Crippen LogP contribution in [0.2, 0.25) is 0 Å². The fourth-order valence-electron chi connectivity index (χ4n) is 2.32. The molecule has 0 saturated heterocycles. The van der Waals surface area contributed by atoms with E-state index in [0.717, 1.165) is 11.5 Å². The third kappa shape index (κ3) is 2.49. The zero-order chi connectivity index (χ0) is 14.2. The zero-order valence-electron chi connectivity index (χ0n) is 11.4. The Balaban J connectivity index is 1.53. The van der Waals surface area contributed by atoms with E-state index < -0.39 is 0 Å². The van der Waals surface area contributed by atoms with Crippen LogP contribution in [-0.2, 0) is 6.54 Å². The van der Waals surface area contributed by atoms with Gasteiger partial charge in [-0.15, -0.1) is 0 Å². The summed E-state index contributed by atoms with van der Waals surface area (Å²) in [5.74, 6) is 2.35. The van der Waals surface area contributed by atoms with Gasteiger partial charge in [0.15, 0.2) is 0 Å². The zero-order valence-corrected chi connectivity index (χ0v) is 11.4. The molecule has 3 aromatic heterocycles. The molecule has 4 rings (SSSR count). The Hall–Kier alpha value is -2.70. The maximum absolute atomic E-state index is 5.55. The van der Waals surface area contributed by atoms with Crippen molar-refractivity contribution in [1.82, 2.24) is 24.3 Å². The largest absolute Gasteiger partial charge is 0.368 e. The van der Waals surface area contributed by atoms with Gasteiger partial charge in [-0.2, -0.15) is 4.98 Å². The lowest BCUT2D eigenvalue weighted by Gasteiger charge is -2.02. The van der Waals surface area contributed by atoms with Gasteiger partial charge in [-0.3, -0.25) is 4.40 Å². The van der Waals surface area contributed by atoms with Crippen LogP contribution in [-0.4, -0.2) is 24.3 Å². The highest BCUT2D eigenvalue weighted by Gasteiger charge is 2.24. The average Bonchev–Trinajstić information content (AvgIpc) is 3.25. The predicted octanol–water partition coefficient (Wildman–Crippen LogP) is 1.59. The van der Waals surface area contributed by atoms with Crippen LogP contribution in [0.5, 0.6) is 0 Å². The topological polar surface area (TPSA) is 94.0 Å². The number of imidazole rings is 1. The Bertz CT molecular complexity index is 791. The molecule has 106 valence electrons. The van der Waals surface area contributed by atoms with Crippen LogP contribution < -0.4 is 11.1 Å². The SMILES string of the molecule is Nc1nccc(NCc2cn3cc(C4CC4)cnc3n2)n1. The highest BCUT2D eigenvalue weighted by Crippen LogP contribution is 2.39. The monoisotopic (exact) mass is 281 g/mol. The summed E-state index contributed by atoms with van der Waals surface area (Å²) in [6.07, 6.45) is 10.2. The minimum atomic E-state index is 0.255. The average molecular weight is 281 g/mol. The maximum atomic E-state index is 5.55. The molecule has 1 aliphatic carbocycles. The van der Waals surface area contributed by atoms with Crippen molar-refractivity contribution >= 4 is 17.5 Å². The van der Waals surface area contributed by atoms with E-state index in [4.69, 9.17) is 5.73 Å². The molecule has 7 nitrogen and oxygen atoms in total. The third-order valence-corrected chi connectivity index (χ3v) is 3.55. The molecule has 0 amide bonds. The molecule has 3 N–H and O–H groups in total. The first kappa shape index (κ1) is 12.1. The van der Waals surface area contributed by atoms with Gasteiger partial charge in [-0.1, -0.05) is 0 Å². The Labute approximate surface area is 121 Å². The summed E-state index contributed by atoms with van der Waals surface area (Å²) in [5.41, 5.74) is 7.75. The number of nitrogens with zero attached hydrogens (tertiary/aromatic N) is 5. The van der Waals surface area contributed by atoms with Crippen molar-refractivity contribution in [2.45, 2.75) is 25.3 Å². The van der Waals surface area contributed by atoms with Crippen LogP contribution in [0.1, 0.15) is 30.0 Å². The Morgan fingerprint density at radius 2 is 2.14 bits per heavy atom. The number of anilines is 2. The molecule has 1 aliphatic rings. The summed E-state index contributed by atoms with van der Waals surface area (Å²) in [4.78, 5) is 16.8. The third-order valence-electron chi connectivity index (χ3n) is 3.55. The summed E-state index contributed by atoms with van der Waals surface area (Å²) < 4.78 is 1.99. The lowest BCUT2D eigenvalue weighted by Crippen LogP contribution is -2.03. The molecule has 0 radical (unpaired) electrons. The van der Waals surface area contributed by atoms with Crippen molar-refractivity contribution in [3.63, 3.8) is 0 Å². The van der Waals surface area contributed by atoms with Gasteiger partial charge in [-0.25, -0.2) is 15.0 Å². The normalized spacial score (nSPS) is 14.5. The van der Waals surface area contributed by atoms with Gasteiger partial charge in [-0.05, 0) is 30.4 Å². The van der Waals surface area contributed by atoms with Gasteiger partial charge in [0.25, 0.3) is 0 Å². The number of fused-ring (bicyclic) bond motifs is 1. The van der Waals surface area contributed by atoms with Gasteiger partial charge in [0.2, 0.25) is 11.7 Å². The van der Waals surface area contributed by atoms with E-state index in [0.29, 0.717) is 18.3 Å². The Kier molecular flexibility index (Phi) is 2.70. The van der Waals surface area contributed by atoms with Crippen LogP contribution in [0.3, 0.4) is 0 Å². The van der Waals surface area contributed by atoms with E-state index in [-0.39, 0.29) is 5.95 Å². The first-order valence-corrected chi connectivity index (χ1v) is 6.94. The number of hydrogen-bond donors (Lipinski definition) is 2. The molecule has 3 heterocycles. The first-order chi connectivity index (χ1) is 10.3. The fourth-order valence-corrected chi connectivity index (χ4v) is 2.32. The van der Waals surface area contributed by atoms with Crippen molar-refractivity contribution in [1.29, 1.82) is 0 Å². The Morgan fingerprint density at radius 1 is 1.24 bits per heavy atom. The lowest BCUT2D eigenvalue weighted by molar-refractivity contribution is 1.01. The summed E-state index contributed by atoms with van der Waals surface area (Å²) in [6.45, 7) is 0.568. The van der Waals surface area contributed by atoms with Crippen molar-refractivity contribution in [2.24, 2.45) is 0 Å². The maximum Gasteiger partial charge on any atom is 0.233 e. The van der Waals surface area contributed by atoms with Crippen LogP contribution in [0.4, 0.5) is 11.8 Å². The highest BCUT2D eigenvalue weighted by molar-refractivity contribution is 5.39. The molecule has 3 aromatic rings. The van der Waals surface area contributed by atoms with Crippen molar-refractivity contribution < 1.29 is 0 Å². The van der Waals surface area contributed by atoms with Gasteiger partial charge < -0.3 is 11.1 Å². The standard InChI is InChI=1S/C14H15N7/c15-13-16-4-3-12(20-13)17-6-11-8-21-7-10(9-1-2-9)5-18-14(21)19-11/h3-5,7-9H,1-2,6H2,(H3,15,16,17,20). The molecule has 0 atom stereocenters. The number of nitrogens with one attached hydrogen (secondary N) is 1. The van der Waals surface area contributed by atoms with E-state index >= 15 is 0 Å². The number of nitrogen functional groups attached to an aromatic ring is 1. The van der Waals surface area contributed by atoms with Crippen molar-refractivity contribution in [2.75, 3.05) is 11.1 Å². The summed E-state index contributed by atoms with van der Waals surface area (Å²) in [7, 11) is 0. The first-order valence-electron chi connectivity index (χ1n) is 6.94. The van der Waals surface area contributed by atoms with Crippen molar-refractivity contribution in [3.05, 3.63) is 42.1 Å². The molecule has 1 saturated carbocycles. The van der Waals surface area contributed by atoms with Crippen LogP contribution in [0.25, 0.3) is 5.78 Å². The molecule has 7 heteroatoms. The number of rotatable bonds is 4. The summed E-state index contributed by atoms with van der Waals surface area (Å²) in [6, 6.07) is 1.77. The molecule has 0 aromatic carbocycles. The van der Waals surface area contributed by atoms with E-state index in [2.05, 4.69) is 31.4 Å². The molecule has 0 unspecified atom stereocenters. The number of aromatic nitrogens is 5. The second-order valence-corrected chi connectivity index (χ2v) is 5.25. The fraction of sp³-hybridized carbons (Fsp3) is 0.286. The summed E-state index contributed by atoms with van der Waals surface area (Å²) in [5, 5.41) is 3.18. The molecule has 0 spiro atoms. The Morgan fingerprint density at radius 3 is 2.95 bits per heavy atom. The second-order valence-electron chi connectivity index (χ2n) is 5.25. The van der Waals surface area contributed by atoms with Gasteiger partial charge in [0.05, 0.1) is 12.2 Å². The quantitative estimate of drug-likeness (QED) is 0.754. The molecule has 21 heavy (non-hydrogen) atoms. The van der Waals surface area contributed by atoms with E-state index in [1.54, 1.807) is 12.3 Å².